The number of nitrogens with zero attached hydrogens (tertiary/aromatic N) is 2. The summed E-state index contributed by atoms with van der Waals surface area (Å²) in [6.07, 6.45) is 0. The number of hydrogen-bond donors (Lipinski definition) is 0. The molecule has 2 aromatic carbocycles. The molecule has 0 bridgehead atoms. The molecule has 0 unspecified atom stereocenters. The number of fused-ring (bicyclic) bond motifs is 1. The molecule has 100 valence electrons. The highest BCUT2D eigenvalue weighted by molar-refractivity contribution is 6.35. The van der Waals surface area contributed by atoms with Crippen LogP contribution in [0.5, 0.6) is 0 Å². The molecule has 0 saturated carbocycles. The van der Waals surface area contributed by atoms with E-state index in [4.69, 9.17) is 34.8 Å². The topological polar surface area (TPSA) is 25.8 Å². The van der Waals surface area contributed by atoms with Crippen molar-refractivity contribution < 1.29 is 0 Å². The Morgan fingerprint density at radius 1 is 0.850 bits per heavy atom. The van der Waals surface area contributed by atoms with Gasteiger partial charge in [0.05, 0.1) is 5.52 Å². The van der Waals surface area contributed by atoms with Crippen molar-refractivity contribution in [3.05, 3.63) is 57.2 Å². The van der Waals surface area contributed by atoms with Gasteiger partial charge in [-0.25, -0.2) is 9.97 Å². The van der Waals surface area contributed by atoms with Gasteiger partial charge in [0.25, 0.3) is 0 Å². The lowest BCUT2D eigenvalue weighted by molar-refractivity contribution is 1.22. The van der Waals surface area contributed by atoms with Crippen LogP contribution in [0.2, 0.25) is 15.2 Å². The summed E-state index contributed by atoms with van der Waals surface area (Å²) in [6, 6.07) is 11.0. The molecule has 3 rings (SSSR count). The summed E-state index contributed by atoms with van der Waals surface area (Å²) in [5.41, 5.74) is 2.59. The number of aryl methyl sites for hydroxylation is 1. The molecule has 3 aromatic rings. The molecule has 20 heavy (non-hydrogen) atoms. The van der Waals surface area contributed by atoms with E-state index in [-0.39, 0.29) is 0 Å². The fraction of sp³-hybridized carbons (Fsp3) is 0.0667. The zero-order valence-electron chi connectivity index (χ0n) is 10.5. The summed E-state index contributed by atoms with van der Waals surface area (Å²) >= 11 is 18.3. The number of hydrogen-bond acceptors (Lipinski definition) is 2. The average Bonchev–Trinajstić information content (AvgIpc) is 2.36. The van der Waals surface area contributed by atoms with Crippen molar-refractivity contribution in [3.8, 4) is 11.4 Å². The second-order valence-corrected chi connectivity index (χ2v) is 5.75. The predicted molar refractivity (Wildman–Crippen MR) is 84.7 cm³/mol. The first-order valence-corrected chi connectivity index (χ1v) is 7.07. The molecule has 0 N–H and O–H groups in total. The summed E-state index contributed by atoms with van der Waals surface area (Å²) < 4.78 is 0. The van der Waals surface area contributed by atoms with Crippen LogP contribution >= 0.6 is 34.8 Å². The Labute approximate surface area is 131 Å². The van der Waals surface area contributed by atoms with Gasteiger partial charge in [0.15, 0.2) is 5.82 Å². The smallest absolute Gasteiger partial charge is 0.161 e. The van der Waals surface area contributed by atoms with E-state index in [1.54, 1.807) is 12.1 Å². The predicted octanol–water partition coefficient (Wildman–Crippen LogP) is 5.57. The highest BCUT2D eigenvalue weighted by Gasteiger charge is 2.09. The normalized spacial score (nSPS) is 11.0. The minimum Gasteiger partial charge on any atom is -0.228 e. The first-order chi connectivity index (χ1) is 9.52. The molecule has 0 amide bonds. The Kier molecular flexibility index (Phi) is 3.55. The van der Waals surface area contributed by atoms with Crippen molar-refractivity contribution in [2.45, 2.75) is 6.92 Å². The van der Waals surface area contributed by atoms with E-state index >= 15 is 0 Å². The first kappa shape index (κ1) is 13.6. The third kappa shape index (κ3) is 2.59. The molecule has 0 aliphatic carbocycles. The van der Waals surface area contributed by atoms with E-state index in [1.807, 2.05) is 31.2 Å². The van der Waals surface area contributed by atoms with Crippen LogP contribution in [0.25, 0.3) is 22.3 Å². The number of halogens is 3. The van der Waals surface area contributed by atoms with Gasteiger partial charge in [-0.15, -0.1) is 0 Å². The van der Waals surface area contributed by atoms with Gasteiger partial charge in [-0.1, -0.05) is 34.8 Å². The van der Waals surface area contributed by atoms with Crippen LogP contribution in [-0.4, -0.2) is 9.97 Å². The molecule has 0 radical (unpaired) electrons. The molecule has 0 aliphatic rings. The zero-order chi connectivity index (χ0) is 14.3. The van der Waals surface area contributed by atoms with Crippen molar-refractivity contribution >= 4 is 45.7 Å². The summed E-state index contributed by atoms with van der Waals surface area (Å²) in [7, 11) is 0. The van der Waals surface area contributed by atoms with Crippen LogP contribution in [-0.2, 0) is 0 Å². The van der Waals surface area contributed by atoms with Gasteiger partial charge in [0, 0.05) is 21.0 Å². The summed E-state index contributed by atoms with van der Waals surface area (Å²) in [5, 5.41) is 2.43. The molecule has 2 nitrogen and oxygen atoms in total. The van der Waals surface area contributed by atoms with Crippen LogP contribution in [0.15, 0.2) is 36.4 Å². The summed E-state index contributed by atoms with van der Waals surface area (Å²) in [5.74, 6) is 0.537. The van der Waals surface area contributed by atoms with Crippen LogP contribution in [0.4, 0.5) is 0 Å². The molecule has 0 atom stereocenters. The lowest BCUT2D eigenvalue weighted by Gasteiger charge is -2.06. The Balaban J connectivity index is 2.26. The van der Waals surface area contributed by atoms with Crippen molar-refractivity contribution in [2.75, 3.05) is 0 Å². The van der Waals surface area contributed by atoms with E-state index in [2.05, 4.69) is 9.97 Å². The molecular weight excluding hydrogens is 315 g/mol. The molecular formula is C15H9Cl3N2. The Bertz CT molecular complexity index is 795. The van der Waals surface area contributed by atoms with Gasteiger partial charge in [-0.3, -0.25) is 0 Å². The summed E-state index contributed by atoms with van der Waals surface area (Å²) in [6.45, 7) is 1.97. The van der Waals surface area contributed by atoms with Gasteiger partial charge < -0.3 is 0 Å². The van der Waals surface area contributed by atoms with Gasteiger partial charge in [-0.2, -0.15) is 0 Å². The minimum atomic E-state index is 0.402. The van der Waals surface area contributed by atoms with E-state index in [0.29, 0.717) is 26.5 Å². The number of rotatable bonds is 1. The largest absolute Gasteiger partial charge is 0.228 e. The lowest BCUT2D eigenvalue weighted by Crippen LogP contribution is -1.92. The van der Waals surface area contributed by atoms with Gasteiger partial charge in [-0.05, 0) is 48.9 Å². The fourth-order valence-corrected chi connectivity index (χ4v) is 2.75. The Morgan fingerprint density at radius 2 is 1.65 bits per heavy atom. The highest BCUT2D eigenvalue weighted by Crippen LogP contribution is 2.28. The van der Waals surface area contributed by atoms with E-state index < -0.39 is 0 Å². The molecule has 1 aromatic heterocycles. The van der Waals surface area contributed by atoms with Gasteiger partial charge in [0.1, 0.15) is 5.15 Å². The maximum Gasteiger partial charge on any atom is 0.161 e. The second kappa shape index (κ2) is 5.21. The quantitative estimate of drug-likeness (QED) is 0.547. The number of benzene rings is 2. The van der Waals surface area contributed by atoms with Gasteiger partial charge >= 0.3 is 0 Å². The maximum atomic E-state index is 6.22. The Hall–Kier alpha value is -1.35. The third-order valence-corrected chi connectivity index (χ3v) is 3.65. The molecule has 1 heterocycles. The lowest BCUT2D eigenvalue weighted by atomic mass is 10.1. The molecule has 0 fully saturated rings. The molecule has 5 heteroatoms. The van der Waals surface area contributed by atoms with Crippen molar-refractivity contribution in [3.63, 3.8) is 0 Å². The number of aromatic nitrogens is 2. The zero-order valence-corrected chi connectivity index (χ0v) is 12.8. The van der Waals surface area contributed by atoms with E-state index in [9.17, 15) is 0 Å². The average molecular weight is 324 g/mol. The summed E-state index contributed by atoms with van der Waals surface area (Å²) in [4.78, 5) is 8.85. The second-order valence-electron chi connectivity index (χ2n) is 4.52. The highest BCUT2D eigenvalue weighted by atomic mass is 35.5. The van der Waals surface area contributed by atoms with Crippen molar-refractivity contribution in [1.29, 1.82) is 0 Å². The van der Waals surface area contributed by atoms with Crippen LogP contribution in [0.3, 0.4) is 0 Å². The van der Waals surface area contributed by atoms with Crippen LogP contribution < -0.4 is 0 Å². The van der Waals surface area contributed by atoms with E-state index in [0.717, 1.165) is 16.5 Å². The van der Waals surface area contributed by atoms with Crippen LogP contribution in [0, 0.1) is 6.92 Å². The Morgan fingerprint density at radius 3 is 2.40 bits per heavy atom. The first-order valence-electron chi connectivity index (χ1n) is 5.93. The molecule has 0 aliphatic heterocycles. The SMILES string of the molecule is Cc1cc(Cl)cc(-c2nc(Cl)c3ccc(Cl)cc3n2)c1. The van der Waals surface area contributed by atoms with E-state index in [1.165, 1.54) is 0 Å². The fourth-order valence-electron chi connectivity index (χ4n) is 2.06. The van der Waals surface area contributed by atoms with Crippen LogP contribution in [0.1, 0.15) is 5.56 Å². The molecule has 0 saturated heterocycles. The van der Waals surface area contributed by atoms with Crippen molar-refractivity contribution in [1.82, 2.24) is 9.97 Å². The molecule has 0 spiro atoms. The monoisotopic (exact) mass is 322 g/mol. The van der Waals surface area contributed by atoms with Gasteiger partial charge in [0.2, 0.25) is 0 Å². The van der Waals surface area contributed by atoms with Crippen molar-refractivity contribution in [2.24, 2.45) is 0 Å². The minimum absolute atomic E-state index is 0.402. The third-order valence-electron chi connectivity index (χ3n) is 2.91. The maximum absolute atomic E-state index is 6.22. The standard InChI is InChI=1S/C15H9Cl3N2/c1-8-4-9(6-11(17)5-8)15-19-13-7-10(16)2-3-12(13)14(18)20-15/h2-7H,1H3.